The number of fused-ring (bicyclic) bond motifs is 1. The molecule has 3 aromatic rings. The van der Waals surface area contributed by atoms with E-state index in [9.17, 15) is 19.8 Å². The fourth-order valence-corrected chi connectivity index (χ4v) is 2.84. The summed E-state index contributed by atoms with van der Waals surface area (Å²) in [7, 11) is 2.82. The minimum Gasteiger partial charge on any atom is -0.508 e. The van der Waals surface area contributed by atoms with Gasteiger partial charge in [0.05, 0.1) is 20.8 Å². The summed E-state index contributed by atoms with van der Waals surface area (Å²) in [6.07, 6.45) is 4.32. The number of Topliss-reactive ketones (excluding diaryl/α,β-unsaturated/α-hetero) is 1. The molecule has 0 unspecified atom stereocenters. The van der Waals surface area contributed by atoms with Crippen molar-refractivity contribution in [1.29, 1.82) is 0 Å². The monoisotopic (exact) mass is 396 g/mol. The Kier molecular flexibility index (Phi) is 5.73. The van der Waals surface area contributed by atoms with Gasteiger partial charge in [0.2, 0.25) is 11.7 Å². The van der Waals surface area contributed by atoms with Crippen molar-refractivity contribution < 1.29 is 29.3 Å². The quantitative estimate of drug-likeness (QED) is 0.360. The molecule has 4 N–H and O–H groups in total. The van der Waals surface area contributed by atoms with Crippen LogP contribution in [0.25, 0.3) is 17.0 Å². The van der Waals surface area contributed by atoms with Crippen molar-refractivity contribution in [1.82, 2.24) is 10.3 Å². The summed E-state index contributed by atoms with van der Waals surface area (Å²) in [6, 6.07) is 7.78. The number of carbonyl (C=O) groups is 2. The van der Waals surface area contributed by atoms with Gasteiger partial charge in [-0.1, -0.05) is 0 Å². The summed E-state index contributed by atoms with van der Waals surface area (Å²) in [6.45, 7) is -0.200. The minimum absolute atomic E-state index is 0.0536. The van der Waals surface area contributed by atoms with E-state index in [-0.39, 0.29) is 35.3 Å². The zero-order valence-corrected chi connectivity index (χ0v) is 15.9. The molecule has 8 nitrogen and oxygen atoms in total. The number of aromatic hydroxyl groups is 2. The molecule has 0 spiro atoms. The fraction of sp³-hybridized carbons (Fsp3) is 0.143. The number of aromatic amines is 1. The van der Waals surface area contributed by atoms with Crippen LogP contribution in [-0.2, 0) is 4.79 Å². The van der Waals surface area contributed by atoms with Gasteiger partial charge >= 0.3 is 0 Å². The molecule has 0 radical (unpaired) electrons. The number of phenols is 2. The molecule has 2 aromatic carbocycles. The first kappa shape index (κ1) is 19.8. The van der Waals surface area contributed by atoms with Crippen molar-refractivity contribution in [2.75, 3.05) is 20.8 Å². The van der Waals surface area contributed by atoms with Crippen LogP contribution in [0, 0.1) is 0 Å². The number of rotatable bonds is 7. The van der Waals surface area contributed by atoms with Gasteiger partial charge in [-0.05, 0) is 42.0 Å². The maximum atomic E-state index is 12.4. The molecule has 0 fully saturated rings. The number of nitrogens with one attached hydrogen (secondary N) is 2. The van der Waals surface area contributed by atoms with E-state index in [4.69, 9.17) is 9.47 Å². The molecule has 29 heavy (non-hydrogen) atoms. The van der Waals surface area contributed by atoms with E-state index in [1.54, 1.807) is 24.4 Å². The molecule has 0 bridgehead atoms. The van der Waals surface area contributed by atoms with Gasteiger partial charge in [0.25, 0.3) is 0 Å². The summed E-state index contributed by atoms with van der Waals surface area (Å²) >= 11 is 0. The highest BCUT2D eigenvalue weighted by molar-refractivity contribution is 6.10. The lowest BCUT2D eigenvalue weighted by Gasteiger charge is -2.09. The van der Waals surface area contributed by atoms with Gasteiger partial charge in [0.1, 0.15) is 5.75 Å². The van der Waals surface area contributed by atoms with Crippen LogP contribution in [0.15, 0.2) is 42.6 Å². The molecular formula is C21H20N2O6. The molecule has 0 aliphatic carbocycles. The molecule has 0 atom stereocenters. The van der Waals surface area contributed by atoms with Crippen molar-refractivity contribution >= 4 is 28.7 Å². The molecule has 150 valence electrons. The van der Waals surface area contributed by atoms with Gasteiger partial charge in [-0.25, -0.2) is 0 Å². The maximum absolute atomic E-state index is 12.4. The number of hydrogen-bond donors (Lipinski definition) is 4. The average molecular weight is 396 g/mol. The van der Waals surface area contributed by atoms with Crippen molar-refractivity contribution in [3.63, 3.8) is 0 Å². The molecule has 0 aliphatic rings. The van der Waals surface area contributed by atoms with E-state index in [0.717, 1.165) is 0 Å². The van der Waals surface area contributed by atoms with Gasteiger partial charge in [-0.2, -0.15) is 0 Å². The van der Waals surface area contributed by atoms with Gasteiger partial charge in [0, 0.05) is 28.7 Å². The number of amides is 1. The zero-order chi connectivity index (χ0) is 21.0. The van der Waals surface area contributed by atoms with E-state index in [2.05, 4.69) is 10.3 Å². The Morgan fingerprint density at radius 3 is 2.45 bits per heavy atom. The number of methoxy groups -OCH3 is 2. The number of ketones is 1. The number of phenolic OH excluding ortho intramolecular Hbond substituents is 2. The van der Waals surface area contributed by atoms with Crippen LogP contribution in [0.3, 0.4) is 0 Å². The van der Waals surface area contributed by atoms with Crippen molar-refractivity contribution in [3.8, 4) is 23.0 Å². The molecule has 0 saturated carbocycles. The highest BCUT2D eigenvalue weighted by Crippen LogP contribution is 2.37. The third-order valence-electron chi connectivity index (χ3n) is 4.32. The number of benzene rings is 2. The Morgan fingerprint density at radius 2 is 1.79 bits per heavy atom. The lowest BCUT2D eigenvalue weighted by Crippen LogP contribution is -2.27. The van der Waals surface area contributed by atoms with Crippen LogP contribution in [-0.4, -0.2) is 47.7 Å². The van der Waals surface area contributed by atoms with E-state index >= 15 is 0 Å². The lowest BCUT2D eigenvalue weighted by molar-refractivity contribution is -0.116. The molecule has 1 aromatic heterocycles. The number of hydrogen-bond acceptors (Lipinski definition) is 6. The first-order chi connectivity index (χ1) is 13.9. The lowest BCUT2D eigenvalue weighted by atomic mass is 10.1. The molecule has 1 amide bonds. The fourth-order valence-electron chi connectivity index (χ4n) is 2.84. The molecule has 0 aliphatic heterocycles. The summed E-state index contributed by atoms with van der Waals surface area (Å²) in [5.41, 5.74) is 1.67. The Morgan fingerprint density at radius 1 is 1.10 bits per heavy atom. The first-order valence-corrected chi connectivity index (χ1v) is 8.67. The Labute approximate surface area is 166 Å². The third kappa shape index (κ3) is 4.32. The smallest absolute Gasteiger partial charge is 0.244 e. The number of carbonyl (C=O) groups excluding carboxylic acids is 2. The Bertz CT molecular complexity index is 1070. The maximum Gasteiger partial charge on any atom is 0.244 e. The number of H-pyrrole nitrogens is 1. The largest absolute Gasteiger partial charge is 0.508 e. The van der Waals surface area contributed by atoms with Gasteiger partial charge < -0.3 is 30.0 Å². The number of ether oxygens (including phenoxy) is 2. The number of aromatic nitrogens is 1. The Hall–Kier alpha value is -3.94. The Balaban J connectivity index is 1.66. The van der Waals surface area contributed by atoms with Crippen LogP contribution in [0.5, 0.6) is 23.0 Å². The predicted molar refractivity (Wildman–Crippen MR) is 108 cm³/mol. The van der Waals surface area contributed by atoms with E-state index in [1.165, 1.54) is 38.5 Å². The average Bonchev–Trinajstić information content (AvgIpc) is 3.14. The molecule has 1 heterocycles. The zero-order valence-electron chi connectivity index (χ0n) is 15.9. The molecule has 0 saturated heterocycles. The van der Waals surface area contributed by atoms with Crippen LogP contribution < -0.4 is 14.8 Å². The SMILES string of the molecule is COc1cc(C=CC(=O)NCC(=O)c2c[nH]c3ccc(O)cc23)cc(OC)c1O. The van der Waals surface area contributed by atoms with Gasteiger partial charge in [-0.3, -0.25) is 9.59 Å². The normalized spacial score (nSPS) is 11.0. The summed E-state index contributed by atoms with van der Waals surface area (Å²) < 4.78 is 10.1. The highest BCUT2D eigenvalue weighted by atomic mass is 16.5. The predicted octanol–water partition coefficient (Wildman–Crippen LogP) is 2.61. The topological polar surface area (TPSA) is 121 Å². The van der Waals surface area contributed by atoms with E-state index in [0.29, 0.717) is 22.0 Å². The van der Waals surface area contributed by atoms with Crippen molar-refractivity contribution in [2.24, 2.45) is 0 Å². The van der Waals surface area contributed by atoms with Gasteiger partial charge in [0.15, 0.2) is 17.3 Å². The summed E-state index contributed by atoms with van der Waals surface area (Å²) in [5, 5.41) is 22.6. The first-order valence-electron chi connectivity index (χ1n) is 8.67. The van der Waals surface area contributed by atoms with Crippen LogP contribution >= 0.6 is 0 Å². The second-order valence-corrected chi connectivity index (χ2v) is 6.18. The van der Waals surface area contributed by atoms with Crippen LogP contribution in [0.4, 0.5) is 0 Å². The third-order valence-corrected chi connectivity index (χ3v) is 4.32. The van der Waals surface area contributed by atoms with Crippen molar-refractivity contribution in [2.45, 2.75) is 0 Å². The molecular weight excluding hydrogens is 376 g/mol. The van der Waals surface area contributed by atoms with Crippen LogP contribution in [0.2, 0.25) is 0 Å². The summed E-state index contributed by atoms with van der Waals surface area (Å²) in [4.78, 5) is 27.4. The molecule has 3 rings (SSSR count). The second kappa shape index (κ2) is 8.39. The summed E-state index contributed by atoms with van der Waals surface area (Å²) in [5.74, 6) is -0.419. The van der Waals surface area contributed by atoms with Crippen molar-refractivity contribution in [3.05, 3.63) is 53.7 Å². The second-order valence-electron chi connectivity index (χ2n) is 6.18. The van der Waals surface area contributed by atoms with E-state index < -0.39 is 5.91 Å². The molecule has 8 heteroatoms. The van der Waals surface area contributed by atoms with Gasteiger partial charge in [-0.15, -0.1) is 0 Å². The van der Waals surface area contributed by atoms with E-state index in [1.807, 2.05) is 0 Å². The standard InChI is InChI=1S/C21H20N2O6/c1-28-18-7-12(8-19(29-2)21(18)27)3-6-20(26)23-11-17(25)15-10-22-16-5-4-13(24)9-14(15)16/h3-10,22,24,27H,11H2,1-2H3,(H,23,26). The minimum atomic E-state index is -0.466. The highest BCUT2D eigenvalue weighted by Gasteiger charge is 2.13. The van der Waals surface area contributed by atoms with Crippen LogP contribution in [0.1, 0.15) is 15.9 Å².